The van der Waals surface area contributed by atoms with Crippen LogP contribution in [-0.4, -0.2) is 27.3 Å². The number of carbonyl (C=O) groups is 1. The van der Waals surface area contributed by atoms with Gasteiger partial charge >= 0.3 is 6.61 Å². The van der Waals surface area contributed by atoms with Crippen molar-refractivity contribution in [2.24, 2.45) is 7.05 Å². The molecule has 9 heteroatoms. The second-order valence-corrected chi connectivity index (χ2v) is 6.86. The van der Waals surface area contributed by atoms with Crippen molar-refractivity contribution >= 4 is 34.1 Å². The molecule has 0 aliphatic heterocycles. The van der Waals surface area contributed by atoms with Gasteiger partial charge in [-0.15, -0.1) is 0 Å². The number of pyridine rings is 1. The van der Waals surface area contributed by atoms with Crippen LogP contribution in [0.25, 0.3) is 22.2 Å². The smallest absolute Gasteiger partial charge is 0.387 e. The first-order valence-corrected chi connectivity index (χ1v) is 9.23. The van der Waals surface area contributed by atoms with Gasteiger partial charge in [-0.05, 0) is 30.3 Å². The van der Waals surface area contributed by atoms with Crippen LogP contribution in [0.5, 0.6) is 5.75 Å². The minimum atomic E-state index is -2.99. The third-order valence-electron chi connectivity index (χ3n) is 4.37. The summed E-state index contributed by atoms with van der Waals surface area (Å²) in [6.07, 6.45) is 3.47. The monoisotopic (exact) mass is 428 g/mol. The maximum atomic E-state index is 13.0. The van der Waals surface area contributed by atoms with Crippen molar-refractivity contribution in [3.8, 4) is 17.0 Å². The van der Waals surface area contributed by atoms with E-state index in [1.165, 1.54) is 18.2 Å². The molecule has 4 rings (SSSR count). The first-order chi connectivity index (χ1) is 14.4. The molecule has 0 saturated carbocycles. The summed E-state index contributed by atoms with van der Waals surface area (Å²) in [5, 5.41) is 7.52. The summed E-state index contributed by atoms with van der Waals surface area (Å²) in [6, 6.07) is 13.0. The molecule has 2 aromatic heterocycles. The van der Waals surface area contributed by atoms with Crippen LogP contribution in [0.2, 0.25) is 5.02 Å². The van der Waals surface area contributed by atoms with E-state index in [0.717, 1.165) is 5.56 Å². The number of amides is 1. The average molecular weight is 429 g/mol. The van der Waals surface area contributed by atoms with Crippen LogP contribution in [0.15, 0.2) is 60.9 Å². The maximum Gasteiger partial charge on any atom is 0.387 e. The van der Waals surface area contributed by atoms with Gasteiger partial charge in [0.05, 0.1) is 28.0 Å². The molecule has 0 aliphatic rings. The Morgan fingerprint density at radius 3 is 2.70 bits per heavy atom. The van der Waals surface area contributed by atoms with Crippen molar-refractivity contribution in [2.45, 2.75) is 6.61 Å². The van der Waals surface area contributed by atoms with Crippen molar-refractivity contribution in [3.63, 3.8) is 0 Å². The minimum absolute atomic E-state index is 0.0382. The number of aryl methyl sites for hydroxylation is 1. The van der Waals surface area contributed by atoms with Crippen molar-refractivity contribution in [1.29, 1.82) is 0 Å². The molecule has 152 valence electrons. The number of nitrogens with zero attached hydrogens (tertiary/aromatic N) is 3. The van der Waals surface area contributed by atoms with Gasteiger partial charge in [-0.25, -0.2) is 4.98 Å². The predicted molar refractivity (Wildman–Crippen MR) is 110 cm³/mol. The predicted octanol–water partition coefficient (Wildman–Crippen LogP) is 5.14. The molecule has 0 spiro atoms. The normalized spacial score (nSPS) is 11.1. The van der Waals surface area contributed by atoms with Crippen LogP contribution in [0.4, 0.5) is 14.5 Å². The van der Waals surface area contributed by atoms with Gasteiger partial charge in [0, 0.05) is 29.9 Å². The molecule has 0 fully saturated rings. The molecule has 0 bridgehead atoms. The zero-order valence-corrected chi connectivity index (χ0v) is 16.4. The molecule has 1 amide bonds. The number of carbonyl (C=O) groups excluding carboxylic acids is 1. The fourth-order valence-corrected chi connectivity index (χ4v) is 3.26. The first-order valence-electron chi connectivity index (χ1n) is 8.85. The van der Waals surface area contributed by atoms with Crippen molar-refractivity contribution in [3.05, 3.63) is 71.5 Å². The Hall–Kier alpha value is -3.52. The number of benzene rings is 2. The number of fused-ring (bicyclic) bond motifs is 1. The lowest BCUT2D eigenvalue weighted by Crippen LogP contribution is -2.13. The lowest BCUT2D eigenvalue weighted by molar-refractivity contribution is -0.0497. The Kier molecular flexibility index (Phi) is 5.33. The van der Waals surface area contributed by atoms with Crippen LogP contribution in [0.1, 0.15) is 10.4 Å². The lowest BCUT2D eigenvalue weighted by atomic mass is 10.0. The van der Waals surface area contributed by atoms with Gasteiger partial charge in [0.2, 0.25) is 0 Å². The molecule has 0 unspecified atom stereocenters. The quantitative estimate of drug-likeness (QED) is 0.477. The van der Waals surface area contributed by atoms with Crippen LogP contribution >= 0.6 is 11.6 Å². The van der Waals surface area contributed by atoms with E-state index in [1.807, 2.05) is 18.2 Å². The van der Waals surface area contributed by atoms with Gasteiger partial charge in [0.15, 0.2) is 0 Å². The second kappa shape index (κ2) is 8.08. The maximum absolute atomic E-state index is 13.0. The Bertz CT molecular complexity index is 1240. The standard InChI is InChI=1S/C21H15ClF2N4O2/c1-28-11-12(10-25-28)18-9-15(14-4-2-3-5-17(14)27-18)20(29)26-13-6-7-19(16(22)8-13)30-21(23)24/h2-11,21H,1H3,(H,26,29). The fraction of sp³-hybridized carbons (Fsp3) is 0.0952. The molecule has 0 aliphatic carbocycles. The number of anilines is 1. The number of alkyl halides is 2. The highest BCUT2D eigenvalue weighted by molar-refractivity contribution is 6.32. The molecule has 0 atom stereocenters. The molecule has 0 radical (unpaired) electrons. The van der Waals surface area contributed by atoms with Crippen molar-refractivity contribution in [2.75, 3.05) is 5.32 Å². The van der Waals surface area contributed by atoms with Crippen LogP contribution in [0.3, 0.4) is 0 Å². The van der Waals surface area contributed by atoms with Crippen molar-refractivity contribution in [1.82, 2.24) is 14.8 Å². The van der Waals surface area contributed by atoms with Crippen LogP contribution in [-0.2, 0) is 7.05 Å². The molecule has 6 nitrogen and oxygen atoms in total. The van der Waals surface area contributed by atoms with Crippen LogP contribution in [0, 0.1) is 0 Å². The van der Waals surface area contributed by atoms with Gasteiger partial charge < -0.3 is 10.1 Å². The number of hydrogen-bond donors (Lipinski definition) is 1. The Morgan fingerprint density at radius 2 is 2.00 bits per heavy atom. The van der Waals surface area contributed by atoms with E-state index in [-0.39, 0.29) is 10.8 Å². The van der Waals surface area contributed by atoms with Gasteiger partial charge in [-0.2, -0.15) is 13.9 Å². The number of para-hydroxylation sites is 1. The summed E-state index contributed by atoms with van der Waals surface area (Å²) in [6.45, 7) is -2.99. The highest BCUT2D eigenvalue weighted by atomic mass is 35.5. The Morgan fingerprint density at radius 1 is 1.20 bits per heavy atom. The molecular weight excluding hydrogens is 414 g/mol. The van der Waals surface area contributed by atoms with Gasteiger partial charge in [-0.3, -0.25) is 9.48 Å². The third kappa shape index (κ3) is 4.08. The number of ether oxygens (including phenoxy) is 1. The molecule has 4 aromatic rings. The van der Waals surface area contributed by atoms with E-state index < -0.39 is 12.5 Å². The average Bonchev–Trinajstić information content (AvgIpc) is 3.15. The highest BCUT2D eigenvalue weighted by Gasteiger charge is 2.16. The SMILES string of the molecule is Cn1cc(-c2cc(C(=O)Nc3ccc(OC(F)F)c(Cl)c3)c3ccccc3n2)cn1. The number of hydrogen-bond acceptors (Lipinski definition) is 4. The molecule has 30 heavy (non-hydrogen) atoms. The first kappa shape index (κ1) is 19.8. The van der Waals surface area contributed by atoms with E-state index in [0.29, 0.717) is 27.8 Å². The van der Waals surface area contributed by atoms with E-state index in [2.05, 4.69) is 20.1 Å². The summed E-state index contributed by atoms with van der Waals surface area (Å²) in [5.74, 6) is -0.560. The lowest BCUT2D eigenvalue weighted by Gasteiger charge is -2.12. The number of aromatic nitrogens is 3. The number of nitrogens with one attached hydrogen (secondary N) is 1. The summed E-state index contributed by atoms with van der Waals surface area (Å²) in [4.78, 5) is 17.7. The molecule has 1 N–H and O–H groups in total. The topological polar surface area (TPSA) is 69.0 Å². The van der Waals surface area contributed by atoms with E-state index in [4.69, 9.17) is 11.6 Å². The van der Waals surface area contributed by atoms with Crippen LogP contribution < -0.4 is 10.1 Å². The second-order valence-electron chi connectivity index (χ2n) is 6.45. The van der Waals surface area contributed by atoms with Gasteiger partial charge in [0.25, 0.3) is 5.91 Å². The highest BCUT2D eigenvalue weighted by Crippen LogP contribution is 2.30. The van der Waals surface area contributed by atoms with E-state index in [9.17, 15) is 13.6 Å². The van der Waals surface area contributed by atoms with Crippen molar-refractivity contribution < 1.29 is 18.3 Å². The molecule has 2 aromatic carbocycles. The fourth-order valence-electron chi connectivity index (χ4n) is 3.03. The van der Waals surface area contributed by atoms with Gasteiger partial charge in [-0.1, -0.05) is 29.8 Å². The van der Waals surface area contributed by atoms with E-state index >= 15 is 0 Å². The zero-order valence-electron chi connectivity index (χ0n) is 15.6. The summed E-state index contributed by atoms with van der Waals surface area (Å²) in [7, 11) is 1.79. The third-order valence-corrected chi connectivity index (χ3v) is 4.66. The number of halogens is 3. The van der Waals surface area contributed by atoms with Gasteiger partial charge in [0.1, 0.15) is 5.75 Å². The summed E-state index contributed by atoms with van der Waals surface area (Å²) < 4.78 is 30.8. The molecule has 2 heterocycles. The summed E-state index contributed by atoms with van der Waals surface area (Å²) in [5.41, 5.74) is 2.78. The van der Waals surface area contributed by atoms with E-state index in [1.54, 1.807) is 36.3 Å². The molecular formula is C21H15ClF2N4O2. The summed E-state index contributed by atoms with van der Waals surface area (Å²) >= 11 is 5.98. The zero-order chi connectivity index (χ0) is 21.3. The Labute approximate surface area is 175 Å². The Balaban J connectivity index is 1.70. The minimum Gasteiger partial charge on any atom is -0.433 e. The molecule has 0 saturated heterocycles. The number of rotatable bonds is 5. The largest absolute Gasteiger partial charge is 0.433 e.